The van der Waals surface area contributed by atoms with Crippen molar-refractivity contribution in [3.05, 3.63) is 53.9 Å². The second-order valence-corrected chi connectivity index (χ2v) is 5.59. The van der Waals surface area contributed by atoms with E-state index in [2.05, 4.69) is 16.0 Å². The summed E-state index contributed by atoms with van der Waals surface area (Å²) in [5.41, 5.74) is 7.01. The highest BCUT2D eigenvalue weighted by molar-refractivity contribution is 7.99. The molecule has 1 aromatic carbocycles. The molecule has 0 aliphatic rings. The minimum absolute atomic E-state index is 0.551. The molecule has 2 aromatic rings. The molecular weight excluding hydrogens is 268 g/mol. The average molecular weight is 284 g/mol. The first-order valence-corrected chi connectivity index (χ1v) is 7.31. The highest BCUT2D eigenvalue weighted by atomic mass is 32.2. The van der Waals surface area contributed by atoms with E-state index in [1.165, 1.54) is 11.8 Å². The lowest BCUT2D eigenvalue weighted by molar-refractivity contribution is 0.560. The van der Waals surface area contributed by atoms with Gasteiger partial charge in [-0.25, -0.2) is 9.97 Å². The summed E-state index contributed by atoms with van der Waals surface area (Å²) in [4.78, 5) is 8.51. The van der Waals surface area contributed by atoms with E-state index < -0.39 is 5.54 Å². The fourth-order valence-electron chi connectivity index (χ4n) is 1.80. The quantitative estimate of drug-likeness (QED) is 0.674. The maximum absolute atomic E-state index is 9.36. The van der Waals surface area contributed by atoms with Crippen LogP contribution < -0.4 is 5.73 Å². The Labute approximate surface area is 123 Å². The SMILES string of the molecule is Cc1ccnc(SCCC(N)(C#N)c2ccccc2)n1. The summed E-state index contributed by atoms with van der Waals surface area (Å²) < 4.78 is 0. The Morgan fingerprint density at radius 2 is 2.05 bits per heavy atom. The molecule has 0 saturated carbocycles. The third-order valence-electron chi connectivity index (χ3n) is 2.99. The minimum atomic E-state index is -0.960. The molecule has 0 aliphatic heterocycles. The van der Waals surface area contributed by atoms with Crippen molar-refractivity contribution in [1.29, 1.82) is 5.26 Å². The number of nitriles is 1. The van der Waals surface area contributed by atoms with Crippen LogP contribution in [0.1, 0.15) is 17.7 Å². The van der Waals surface area contributed by atoms with Crippen LogP contribution in [0.4, 0.5) is 0 Å². The maximum atomic E-state index is 9.36. The van der Waals surface area contributed by atoms with Crippen LogP contribution in [-0.4, -0.2) is 15.7 Å². The van der Waals surface area contributed by atoms with E-state index in [9.17, 15) is 5.26 Å². The normalized spacial score (nSPS) is 13.4. The van der Waals surface area contributed by atoms with E-state index >= 15 is 0 Å². The van der Waals surface area contributed by atoms with Gasteiger partial charge in [-0.2, -0.15) is 5.26 Å². The van der Waals surface area contributed by atoms with Gasteiger partial charge in [0.2, 0.25) is 0 Å². The molecule has 0 aliphatic carbocycles. The standard InChI is InChI=1S/C15H16N4S/c1-12-7-9-18-14(19-12)20-10-8-15(17,11-16)13-5-3-2-4-6-13/h2-7,9H,8,10,17H2,1H3. The van der Waals surface area contributed by atoms with Gasteiger partial charge in [-0.3, -0.25) is 0 Å². The van der Waals surface area contributed by atoms with Crippen molar-refractivity contribution >= 4 is 11.8 Å². The van der Waals surface area contributed by atoms with Gasteiger partial charge in [0, 0.05) is 17.6 Å². The molecular formula is C15H16N4S. The van der Waals surface area contributed by atoms with E-state index in [-0.39, 0.29) is 0 Å². The van der Waals surface area contributed by atoms with Gasteiger partial charge in [0.15, 0.2) is 5.16 Å². The lowest BCUT2D eigenvalue weighted by Gasteiger charge is -2.21. The van der Waals surface area contributed by atoms with Crippen LogP contribution in [0.3, 0.4) is 0 Å². The fraction of sp³-hybridized carbons (Fsp3) is 0.267. The Hall–Kier alpha value is -1.90. The van der Waals surface area contributed by atoms with Gasteiger partial charge in [0.1, 0.15) is 5.54 Å². The summed E-state index contributed by atoms with van der Waals surface area (Å²) in [6.07, 6.45) is 2.29. The predicted molar refractivity (Wildman–Crippen MR) is 80.0 cm³/mol. The van der Waals surface area contributed by atoms with Crippen LogP contribution in [0.5, 0.6) is 0 Å². The summed E-state index contributed by atoms with van der Waals surface area (Å²) in [5, 5.41) is 10.1. The van der Waals surface area contributed by atoms with Crippen molar-refractivity contribution < 1.29 is 0 Å². The average Bonchev–Trinajstić information content (AvgIpc) is 2.48. The molecule has 0 bridgehead atoms. The molecule has 2 rings (SSSR count). The highest BCUT2D eigenvalue weighted by Gasteiger charge is 2.26. The van der Waals surface area contributed by atoms with Gasteiger partial charge in [-0.15, -0.1) is 0 Å². The second-order valence-electron chi connectivity index (χ2n) is 4.53. The van der Waals surface area contributed by atoms with Gasteiger partial charge in [-0.1, -0.05) is 42.1 Å². The molecule has 1 aromatic heterocycles. The van der Waals surface area contributed by atoms with Crippen molar-refractivity contribution in [3.63, 3.8) is 0 Å². The summed E-state index contributed by atoms with van der Waals surface area (Å²) in [5.74, 6) is 0.697. The molecule has 0 amide bonds. The molecule has 1 heterocycles. The molecule has 5 heteroatoms. The van der Waals surface area contributed by atoms with Gasteiger partial charge in [-0.05, 0) is 25.0 Å². The van der Waals surface area contributed by atoms with Crippen molar-refractivity contribution in [2.75, 3.05) is 5.75 Å². The molecule has 0 spiro atoms. The van der Waals surface area contributed by atoms with Crippen LogP contribution in [-0.2, 0) is 5.54 Å². The van der Waals surface area contributed by atoms with E-state index in [1.54, 1.807) is 6.20 Å². The molecule has 102 valence electrons. The smallest absolute Gasteiger partial charge is 0.187 e. The Morgan fingerprint density at radius 1 is 1.30 bits per heavy atom. The van der Waals surface area contributed by atoms with Gasteiger partial charge >= 0.3 is 0 Å². The maximum Gasteiger partial charge on any atom is 0.187 e. The van der Waals surface area contributed by atoms with Crippen LogP contribution in [0.25, 0.3) is 0 Å². The first-order chi connectivity index (χ1) is 9.64. The number of aromatic nitrogens is 2. The van der Waals surface area contributed by atoms with E-state index in [1.807, 2.05) is 43.3 Å². The van der Waals surface area contributed by atoms with E-state index in [0.717, 1.165) is 16.4 Å². The predicted octanol–water partition coefficient (Wildman–Crippen LogP) is 2.65. The monoisotopic (exact) mass is 284 g/mol. The first-order valence-electron chi connectivity index (χ1n) is 6.32. The van der Waals surface area contributed by atoms with E-state index in [4.69, 9.17) is 5.73 Å². The number of hydrogen-bond acceptors (Lipinski definition) is 5. The zero-order chi connectivity index (χ0) is 14.4. The third-order valence-corrected chi connectivity index (χ3v) is 3.85. The highest BCUT2D eigenvalue weighted by Crippen LogP contribution is 2.25. The van der Waals surface area contributed by atoms with Crippen LogP contribution in [0.2, 0.25) is 0 Å². The molecule has 20 heavy (non-hydrogen) atoms. The zero-order valence-electron chi connectivity index (χ0n) is 11.3. The van der Waals surface area contributed by atoms with Crippen LogP contribution >= 0.6 is 11.8 Å². The molecule has 0 radical (unpaired) electrons. The van der Waals surface area contributed by atoms with Gasteiger partial charge in [0.05, 0.1) is 6.07 Å². The molecule has 0 saturated heterocycles. The first kappa shape index (κ1) is 14.5. The lowest BCUT2D eigenvalue weighted by atomic mass is 9.90. The number of nitrogens with two attached hydrogens (primary N) is 1. The Bertz CT molecular complexity index is 609. The third kappa shape index (κ3) is 3.56. The van der Waals surface area contributed by atoms with Crippen LogP contribution in [0, 0.1) is 18.3 Å². The number of thioether (sulfide) groups is 1. The number of aryl methyl sites for hydroxylation is 1. The summed E-state index contributed by atoms with van der Waals surface area (Å²) in [6.45, 7) is 1.93. The molecule has 4 nitrogen and oxygen atoms in total. The fourth-order valence-corrected chi connectivity index (χ4v) is 2.75. The molecule has 2 N–H and O–H groups in total. The molecule has 1 unspecified atom stereocenters. The number of nitrogens with zero attached hydrogens (tertiary/aromatic N) is 3. The summed E-state index contributed by atoms with van der Waals surface area (Å²) in [7, 11) is 0. The molecule has 0 fully saturated rings. The van der Waals surface area contributed by atoms with Gasteiger partial charge in [0.25, 0.3) is 0 Å². The van der Waals surface area contributed by atoms with Crippen molar-refractivity contribution in [1.82, 2.24) is 9.97 Å². The Balaban J connectivity index is 2.00. The number of rotatable bonds is 5. The minimum Gasteiger partial charge on any atom is -0.310 e. The topological polar surface area (TPSA) is 75.6 Å². The zero-order valence-corrected chi connectivity index (χ0v) is 12.1. The number of benzene rings is 1. The molecule has 1 atom stereocenters. The Morgan fingerprint density at radius 3 is 2.70 bits per heavy atom. The van der Waals surface area contributed by atoms with Gasteiger partial charge < -0.3 is 5.73 Å². The van der Waals surface area contributed by atoms with Crippen molar-refractivity contribution in [2.45, 2.75) is 24.0 Å². The summed E-state index contributed by atoms with van der Waals surface area (Å²) in [6, 6.07) is 13.5. The summed E-state index contributed by atoms with van der Waals surface area (Å²) >= 11 is 1.52. The second kappa shape index (κ2) is 6.51. The number of hydrogen-bond donors (Lipinski definition) is 1. The Kier molecular flexibility index (Phi) is 4.72. The van der Waals surface area contributed by atoms with Crippen molar-refractivity contribution in [2.24, 2.45) is 5.73 Å². The lowest BCUT2D eigenvalue weighted by Crippen LogP contribution is -2.35. The van der Waals surface area contributed by atoms with Crippen molar-refractivity contribution in [3.8, 4) is 6.07 Å². The van der Waals surface area contributed by atoms with Crippen LogP contribution in [0.15, 0.2) is 47.8 Å². The van der Waals surface area contributed by atoms with E-state index in [0.29, 0.717) is 12.2 Å². The largest absolute Gasteiger partial charge is 0.310 e.